The third kappa shape index (κ3) is 5.00. The van der Waals surface area contributed by atoms with E-state index in [9.17, 15) is 13.2 Å². The average molecular weight is 407 g/mol. The lowest BCUT2D eigenvalue weighted by atomic mass is 10.1. The number of pyridine rings is 1. The Bertz CT molecular complexity index is 902. The molecule has 1 fully saturated rings. The second-order valence-electron chi connectivity index (χ2n) is 6.56. The summed E-state index contributed by atoms with van der Waals surface area (Å²) < 4.78 is 33.2. The highest BCUT2D eigenvalue weighted by molar-refractivity contribution is 7.92. The number of carbonyl (C=O) groups excluding carboxylic acids is 1. The molecule has 1 saturated heterocycles. The van der Waals surface area contributed by atoms with Crippen molar-refractivity contribution in [3.8, 4) is 5.88 Å². The van der Waals surface area contributed by atoms with Crippen molar-refractivity contribution in [2.75, 3.05) is 23.6 Å². The van der Waals surface area contributed by atoms with Gasteiger partial charge in [0.15, 0.2) is 0 Å². The molecule has 0 aliphatic carbocycles. The SMILES string of the molecule is CCn1ccc(C(=O)N2CCC(Oc3ccc(NS(=O)(=O)CC)cn3)CC2)n1. The van der Waals surface area contributed by atoms with Gasteiger partial charge in [-0.1, -0.05) is 0 Å². The fourth-order valence-electron chi connectivity index (χ4n) is 2.92. The van der Waals surface area contributed by atoms with Crippen molar-refractivity contribution in [1.82, 2.24) is 19.7 Å². The van der Waals surface area contributed by atoms with Crippen LogP contribution in [0.4, 0.5) is 5.69 Å². The summed E-state index contributed by atoms with van der Waals surface area (Å²) in [4.78, 5) is 18.5. The molecule has 0 saturated carbocycles. The molecule has 0 spiro atoms. The summed E-state index contributed by atoms with van der Waals surface area (Å²) in [5.41, 5.74) is 0.870. The Morgan fingerprint density at radius 2 is 2.00 bits per heavy atom. The first-order valence-electron chi connectivity index (χ1n) is 9.36. The largest absolute Gasteiger partial charge is 0.474 e. The average Bonchev–Trinajstić information content (AvgIpc) is 3.19. The number of piperidine rings is 1. The summed E-state index contributed by atoms with van der Waals surface area (Å²) in [7, 11) is -3.32. The zero-order chi connectivity index (χ0) is 20.1. The monoisotopic (exact) mass is 407 g/mol. The molecule has 3 rings (SSSR count). The van der Waals surface area contributed by atoms with Crippen LogP contribution in [0.3, 0.4) is 0 Å². The molecule has 0 unspecified atom stereocenters. The molecule has 2 aromatic rings. The van der Waals surface area contributed by atoms with E-state index in [1.165, 1.54) is 6.20 Å². The predicted octanol–water partition coefficient (Wildman–Crippen LogP) is 1.74. The number of nitrogens with one attached hydrogen (secondary N) is 1. The molecule has 3 heterocycles. The molecule has 28 heavy (non-hydrogen) atoms. The van der Waals surface area contributed by atoms with Gasteiger partial charge in [0.1, 0.15) is 11.8 Å². The van der Waals surface area contributed by atoms with Crippen molar-refractivity contribution in [1.29, 1.82) is 0 Å². The van der Waals surface area contributed by atoms with E-state index in [1.54, 1.807) is 40.9 Å². The number of anilines is 1. The van der Waals surface area contributed by atoms with Crippen LogP contribution < -0.4 is 9.46 Å². The van der Waals surface area contributed by atoms with Gasteiger partial charge in [-0.2, -0.15) is 5.10 Å². The van der Waals surface area contributed by atoms with E-state index in [0.29, 0.717) is 43.2 Å². The molecule has 1 aliphatic heterocycles. The number of amides is 1. The molecule has 0 atom stereocenters. The minimum atomic E-state index is -3.32. The van der Waals surface area contributed by atoms with E-state index < -0.39 is 10.0 Å². The van der Waals surface area contributed by atoms with Crippen molar-refractivity contribution >= 4 is 21.6 Å². The van der Waals surface area contributed by atoms with Gasteiger partial charge in [0.2, 0.25) is 15.9 Å². The van der Waals surface area contributed by atoms with Crippen molar-refractivity contribution in [3.63, 3.8) is 0 Å². The first-order valence-corrected chi connectivity index (χ1v) is 11.0. The summed E-state index contributed by atoms with van der Waals surface area (Å²) in [6.07, 6.45) is 4.60. The highest BCUT2D eigenvalue weighted by Gasteiger charge is 2.26. The molecular formula is C18H25N5O4S. The molecule has 10 heteroatoms. The Morgan fingerprint density at radius 3 is 2.57 bits per heavy atom. The minimum absolute atomic E-state index is 0.00123. The molecule has 1 aliphatic rings. The standard InChI is InChI=1S/C18H25N5O4S/c1-3-23-12-9-16(20-23)18(24)22-10-7-15(8-11-22)27-17-6-5-14(13-19-17)21-28(25,26)4-2/h5-6,9,12-13,15,21H,3-4,7-8,10-11H2,1-2H3. The number of carbonyl (C=O) groups is 1. The highest BCUT2D eigenvalue weighted by Crippen LogP contribution is 2.20. The van der Waals surface area contributed by atoms with Gasteiger partial charge in [-0.05, 0) is 26.0 Å². The van der Waals surface area contributed by atoms with Gasteiger partial charge in [-0.3, -0.25) is 14.2 Å². The fourth-order valence-corrected chi connectivity index (χ4v) is 3.55. The molecule has 0 bridgehead atoms. The second-order valence-corrected chi connectivity index (χ2v) is 8.57. The summed E-state index contributed by atoms with van der Waals surface area (Å²) in [6.45, 7) is 5.46. The molecule has 1 N–H and O–H groups in total. The number of nitrogens with zero attached hydrogens (tertiary/aromatic N) is 4. The van der Waals surface area contributed by atoms with E-state index >= 15 is 0 Å². The van der Waals surface area contributed by atoms with Gasteiger partial charge in [-0.15, -0.1) is 0 Å². The number of hydrogen-bond acceptors (Lipinski definition) is 6. The van der Waals surface area contributed by atoms with Gasteiger partial charge in [0.05, 0.1) is 17.6 Å². The van der Waals surface area contributed by atoms with E-state index in [1.807, 2.05) is 6.92 Å². The minimum Gasteiger partial charge on any atom is -0.474 e. The number of aromatic nitrogens is 3. The number of rotatable bonds is 7. The maximum Gasteiger partial charge on any atom is 0.274 e. The smallest absolute Gasteiger partial charge is 0.274 e. The van der Waals surface area contributed by atoms with Gasteiger partial charge in [-0.25, -0.2) is 13.4 Å². The summed E-state index contributed by atoms with van der Waals surface area (Å²) in [6, 6.07) is 5.01. The first-order chi connectivity index (χ1) is 13.4. The number of hydrogen-bond donors (Lipinski definition) is 1. The Balaban J connectivity index is 1.50. The van der Waals surface area contributed by atoms with E-state index in [-0.39, 0.29) is 17.8 Å². The van der Waals surface area contributed by atoms with Crippen molar-refractivity contribution in [3.05, 3.63) is 36.3 Å². The highest BCUT2D eigenvalue weighted by atomic mass is 32.2. The summed E-state index contributed by atoms with van der Waals surface area (Å²) in [5.74, 6) is 0.378. The van der Waals surface area contributed by atoms with Crippen LogP contribution >= 0.6 is 0 Å². The summed E-state index contributed by atoms with van der Waals surface area (Å²) >= 11 is 0. The van der Waals surface area contributed by atoms with Crippen molar-refractivity contribution in [2.45, 2.75) is 39.3 Å². The van der Waals surface area contributed by atoms with E-state index in [4.69, 9.17) is 4.74 Å². The van der Waals surface area contributed by atoms with Gasteiger partial charge in [0.25, 0.3) is 5.91 Å². The van der Waals surface area contributed by atoms with Crippen LogP contribution in [-0.4, -0.2) is 58.9 Å². The molecular weight excluding hydrogens is 382 g/mol. The van der Waals surface area contributed by atoms with Crippen molar-refractivity contribution in [2.24, 2.45) is 0 Å². The molecule has 152 valence electrons. The summed E-state index contributed by atoms with van der Waals surface area (Å²) in [5, 5.41) is 4.27. The quantitative estimate of drug-likeness (QED) is 0.749. The van der Waals surface area contributed by atoms with Crippen LogP contribution in [0.5, 0.6) is 5.88 Å². The van der Waals surface area contributed by atoms with Crippen LogP contribution in [-0.2, 0) is 16.6 Å². The molecule has 0 radical (unpaired) electrons. The second kappa shape index (κ2) is 8.59. The Morgan fingerprint density at radius 1 is 1.25 bits per heavy atom. The van der Waals surface area contributed by atoms with Crippen LogP contribution in [0.1, 0.15) is 37.2 Å². The molecule has 0 aromatic carbocycles. The van der Waals surface area contributed by atoms with Gasteiger partial charge in [0, 0.05) is 44.7 Å². The zero-order valence-corrected chi connectivity index (χ0v) is 16.9. The lowest BCUT2D eigenvalue weighted by Crippen LogP contribution is -2.42. The molecule has 2 aromatic heterocycles. The third-order valence-electron chi connectivity index (χ3n) is 4.59. The zero-order valence-electron chi connectivity index (χ0n) is 16.0. The number of sulfonamides is 1. The van der Waals surface area contributed by atoms with Crippen molar-refractivity contribution < 1.29 is 17.9 Å². The first kappa shape index (κ1) is 20.1. The maximum absolute atomic E-state index is 12.5. The number of likely N-dealkylation sites (tertiary alicyclic amines) is 1. The predicted molar refractivity (Wildman–Crippen MR) is 105 cm³/mol. The van der Waals surface area contributed by atoms with Gasteiger partial charge >= 0.3 is 0 Å². The van der Waals surface area contributed by atoms with E-state index in [2.05, 4.69) is 14.8 Å². The van der Waals surface area contributed by atoms with Gasteiger partial charge < -0.3 is 9.64 Å². The lowest BCUT2D eigenvalue weighted by molar-refractivity contribution is 0.0582. The number of aryl methyl sites for hydroxylation is 1. The molecule has 9 nitrogen and oxygen atoms in total. The maximum atomic E-state index is 12.5. The van der Waals surface area contributed by atoms with Crippen LogP contribution in [0.15, 0.2) is 30.6 Å². The van der Waals surface area contributed by atoms with E-state index in [0.717, 1.165) is 6.54 Å². The Hall–Kier alpha value is -2.62. The fraction of sp³-hybridized carbons (Fsp3) is 0.500. The van der Waals surface area contributed by atoms with Crippen LogP contribution in [0.25, 0.3) is 0 Å². The number of ether oxygens (including phenoxy) is 1. The Kier molecular flexibility index (Phi) is 6.18. The van der Waals surface area contributed by atoms with Crippen LogP contribution in [0, 0.1) is 0 Å². The molecule has 1 amide bonds. The van der Waals surface area contributed by atoms with Crippen LogP contribution in [0.2, 0.25) is 0 Å². The topological polar surface area (TPSA) is 106 Å². The normalized spacial score (nSPS) is 15.4. The third-order valence-corrected chi connectivity index (χ3v) is 5.90. The Labute approximate surface area is 164 Å². The lowest BCUT2D eigenvalue weighted by Gasteiger charge is -2.31.